The van der Waals surface area contributed by atoms with Gasteiger partial charge in [0.2, 0.25) is 11.6 Å². The number of halogens is 3. The fraction of sp³-hybridized carbons (Fsp3) is 0.492. The van der Waals surface area contributed by atoms with Crippen molar-refractivity contribution >= 4 is 40.0 Å². The molecule has 0 unspecified atom stereocenters. The minimum Gasteiger partial charge on any atom is -0.494 e. The molecule has 478 valence electrons. The molecule has 0 aliphatic carbocycles. The Kier molecular flexibility index (Phi) is 26.4. The zero-order valence-electron chi connectivity index (χ0n) is 49.2. The Morgan fingerprint density at radius 2 is 1.39 bits per heavy atom. The molecule has 8 rings (SSSR count). The lowest BCUT2D eigenvalue weighted by Crippen LogP contribution is -2.40. The van der Waals surface area contributed by atoms with Crippen LogP contribution in [-0.2, 0) is 60.6 Å². The summed E-state index contributed by atoms with van der Waals surface area (Å²) in [5, 5.41) is 36.4. The zero-order chi connectivity index (χ0) is 62.7. The number of ether oxygens (including phenoxy) is 10. The van der Waals surface area contributed by atoms with Gasteiger partial charge in [-0.25, -0.2) is 27.8 Å². The van der Waals surface area contributed by atoms with Crippen molar-refractivity contribution in [2.45, 2.75) is 50.9 Å². The number of Topliss-reactive ketones (excluding diaryl/α,β-unsaturated/α-hetero) is 1. The van der Waals surface area contributed by atoms with Gasteiger partial charge in [0.25, 0.3) is 17.6 Å². The van der Waals surface area contributed by atoms with E-state index < -0.39 is 46.8 Å². The minimum atomic E-state index is -1.31. The number of carbonyl (C=O) groups excluding carboxylic acids is 4. The Morgan fingerprint density at radius 1 is 0.798 bits per heavy atom. The molecule has 2 aliphatic rings. The van der Waals surface area contributed by atoms with Crippen LogP contribution in [0.3, 0.4) is 0 Å². The first-order valence-corrected chi connectivity index (χ1v) is 28.9. The number of ketones is 1. The van der Waals surface area contributed by atoms with E-state index in [1.54, 1.807) is 4.68 Å². The fourth-order valence-corrected chi connectivity index (χ4v) is 9.72. The summed E-state index contributed by atoms with van der Waals surface area (Å²) in [6.07, 6.45) is 7.07. The van der Waals surface area contributed by atoms with Crippen molar-refractivity contribution in [2.24, 2.45) is 0 Å². The van der Waals surface area contributed by atoms with E-state index >= 15 is 0 Å². The Morgan fingerprint density at radius 3 is 1.98 bits per heavy atom. The Balaban J connectivity index is 0.628. The number of benzene rings is 2. The number of carbonyl (C=O) groups is 4. The number of pyridine rings is 1. The van der Waals surface area contributed by atoms with Crippen molar-refractivity contribution in [3.63, 3.8) is 0 Å². The number of H-pyrrole nitrogens is 1. The number of aromatic amines is 1. The van der Waals surface area contributed by atoms with Crippen molar-refractivity contribution < 1.29 is 84.8 Å². The maximum absolute atomic E-state index is 13.8. The van der Waals surface area contributed by atoms with E-state index in [-0.39, 0.29) is 81.0 Å². The zero-order valence-corrected chi connectivity index (χ0v) is 49.2. The summed E-state index contributed by atoms with van der Waals surface area (Å²) in [7, 11) is 1.43. The molecule has 2 amide bonds. The number of nitrogens with zero attached hydrogens (tertiary/aromatic N) is 10. The number of esters is 1. The molecule has 4 aromatic heterocycles. The van der Waals surface area contributed by atoms with Gasteiger partial charge in [-0.3, -0.25) is 24.1 Å². The molecular formula is C59H71F3N12O15. The topological polar surface area (TPSA) is 313 Å². The van der Waals surface area contributed by atoms with Crippen molar-refractivity contribution in [3.05, 3.63) is 113 Å². The summed E-state index contributed by atoms with van der Waals surface area (Å²) >= 11 is 0. The number of nitriles is 1. The predicted molar refractivity (Wildman–Crippen MR) is 307 cm³/mol. The SMILES string of the molecule is COc1cnc(-n2cnc(C(=O)N[C@H]3C[C@@H](CO)N(Cc4cn(CCOCCOCCOCCOCCOCCOCCOCCOCCC(=O)Oc5c(F)cc(F)cc5F)nn4)C3)n2)c2[nH]cc(C(=O)C(=O)N3CCC(=C(C#N)c4ccccc4)CC3)c12. The number of amides is 2. The molecule has 6 heterocycles. The standard InChI is InChI=1S/C59H71F3N12O15/c1-80-50-34-65-57(53-52(50)47(33-64-53)54(77)59(79)71-10-7-41(8-11-71)46(32-63)40-5-3-2-4-6-40)74-39-66-56(69-74)58(78)67-43-31-45(38-75)72(35-43)36-44-37-73(70-68-44)12-14-82-16-18-84-20-22-86-24-26-88-28-27-87-25-23-85-21-19-83-17-15-81-13-9-51(76)89-55-48(61)29-42(60)30-49(55)62/h2-6,29-30,33-34,37,39,43,45,64,75H,7-28,31,35-36,38H2,1H3,(H,67,78)/t43-,45-/m0/s1. The molecule has 0 bridgehead atoms. The van der Waals surface area contributed by atoms with Crippen LogP contribution in [0.5, 0.6) is 11.5 Å². The highest BCUT2D eigenvalue weighted by Gasteiger charge is 2.35. The highest BCUT2D eigenvalue weighted by atomic mass is 19.1. The van der Waals surface area contributed by atoms with E-state index in [1.807, 2.05) is 41.4 Å². The first-order chi connectivity index (χ1) is 43.4. The van der Waals surface area contributed by atoms with E-state index in [4.69, 9.17) is 42.6 Å². The number of rotatable bonds is 38. The molecule has 0 saturated carbocycles. The average molecular weight is 1250 g/mol. The number of hydrogen-bond acceptors (Lipinski definition) is 22. The summed E-state index contributed by atoms with van der Waals surface area (Å²) in [4.78, 5) is 68.1. The average Bonchev–Trinajstić information content (AvgIpc) is 1.93. The van der Waals surface area contributed by atoms with Crippen LogP contribution in [0.15, 0.2) is 73.0 Å². The van der Waals surface area contributed by atoms with E-state index in [2.05, 4.69) is 46.5 Å². The van der Waals surface area contributed by atoms with Crippen LogP contribution in [0.1, 0.15) is 57.9 Å². The molecule has 27 nitrogen and oxygen atoms in total. The fourth-order valence-electron chi connectivity index (χ4n) is 9.72. The van der Waals surface area contributed by atoms with E-state index in [1.165, 1.54) is 35.4 Å². The third-order valence-corrected chi connectivity index (χ3v) is 14.1. The Hall–Kier alpha value is -8.09. The number of likely N-dealkylation sites (tertiary alicyclic amines) is 2. The minimum absolute atomic E-state index is 0.0580. The van der Waals surface area contributed by atoms with Gasteiger partial charge in [-0.2, -0.15) is 9.94 Å². The summed E-state index contributed by atoms with van der Waals surface area (Å²) in [6, 6.07) is 11.9. The van der Waals surface area contributed by atoms with E-state index in [0.29, 0.717) is 159 Å². The number of methoxy groups -OCH3 is 1. The van der Waals surface area contributed by atoms with Gasteiger partial charge in [0.15, 0.2) is 17.5 Å². The molecular weight excluding hydrogens is 1170 g/mol. The normalized spacial score (nSPS) is 15.2. The maximum Gasteiger partial charge on any atom is 0.313 e. The van der Waals surface area contributed by atoms with Gasteiger partial charge in [0.05, 0.1) is 172 Å². The number of nitrogens with one attached hydrogen (secondary N) is 2. The monoisotopic (exact) mass is 1240 g/mol. The molecule has 2 atom stereocenters. The van der Waals surface area contributed by atoms with Gasteiger partial charge < -0.3 is 67.7 Å². The van der Waals surface area contributed by atoms with Crippen LogP contribution in [0, 0.1) is 28.8 Å². The second-order valence-corrected chi connectivity index (χ2v) is 20.2. The highest BCUT2D eigenvalue weighted by Crippen LogP contribution is 2.33. The lowest BCUT2D eigenvalue weighted by atomic mass is 9.93. The van der Waals surface area contributed by atoms with Crippen LogP contribution in [0.4, 0.5) is 13.2 Å². The number of aromatic nitrogens is 8. The summed E-state index contributed by atoms with van der Waals surface area (Å²) in [5.74, 6) is -7.30. The highest BCUT2D eigenvalue weighted by molar-refractivity contribution is 6.45. The molecule has 0 radical (unpaired) electrons. The molecule has 2 saturated heterocycles. The van der Waals surface area contributed by atoms with E-state index in [9.17, 15) is 42.7 Å². The molecule has 89 heavy (non-hydrogen) atoms. The third-order valence-electron chi connectivity index (χ3n) is 14.1. The van der Waals surface area contributed by atoms with Crippen LogP contribution in [0.25, 0.3) is 22.3 Å². The van der Waals surface area contributed by atoms with Crippen molar-refractivity contribution in [2.75, 3.05) is 139 Å². The quantitative estimate of drug-likeness (QED) is 0.0125. The number of piperidine rings is 1. The third kappa shape index (κ3) is 19.7. The number of aliphatic hydroxyl groups is 1. The van der Waals surface area contributed by atoms with Crippen LogP contribution < -0.4 is 14.8 Å². The van der Waals surface area contributed by atoms with Gasteiger partial charge in [-0.15, -0.1) is 10.2 Å². The van der Waals surface area contributed by atoms with Crippen molar-refractivity contribution in [1.29, 1.82) is 5.26 Å². The van der Waals surface area contributed by atoms with Crippen LogP contribution in [-0.4, -0.2) is 229 Å². The predicted octanol–water partition coefficient (Wildman–Crippen LogP) is 3.44. The largest absolute Gasteiger partial charge is 0.494 e. The van der Waals surface area contributed by atoms with Gasteiger partial charge in [0.1, 0.15) is 17.9 Å². The summed E-state index contributed by atoms with van der Waals surface area (Å²) < 4.78 is 97.2. The second-order valence-electron chi connectivity index (χ2n) is 20.2. The van der Waals surface area contributed by atoms with Crippen LogP contribution in [0.2, 0.25) is 0 Å². The Bertz CT molecular complexity index is 3310. The molecule has 2 aliphatic heterocycles. The van der Waals surface area contributed by atoms with Gasteiger partial charge in [-0.1, -0.05) is 35.5 Å². The lowest BCUT2D eigenvalue weighted by molar-refractivity contribution is -0.136. The van der Waals surface area contributed by atoms with Gasteiger partial charge in [0, 0.05) is 62.8 Å². The van der Waals surface area contributed by atoms with Gasteiger partial charge >= 0.3 is 5.97 Å². The lowest BCUT2D eigenvalue weighted by Gasteiger charge is -2.28. The molecule has 30 heteroatoms. The number of aliphatic hydroxyl groups excluding tert-OH is 1. The van der Waals surface area contributed by atoms with E-state index in [0.717, 1.165) is 11.1 Å². The first-order valence-electron chi connectivity index (χ1n) is 28.9. The molecule has 3 N–H and O–H groups in total. The second kappa shape index (κ2) is 35.2. The first kappa shape index (κ1) is 66.9. The maximum atomic E-state index is 13.8. The summed E-state index contributed by atoms with van der Waals surface area (Å²) in [5.41, 5.74) is 3.42. The molecule has 6 aromatic rings. The number of allylic oxidation sites excluding steroid dienone is 1. The number of fused-ring (bicyclic) bond motifs is 1. The molecule has 2 fully saturated rings. The number of hydrogen-bond donors (Lipinski definition) is 3. The Labute approximate surface area is 509 Å². The molecule has 2 aromatic carbocycles. The van der Waals surface area contributed by atoms with Gasteiger partial charge in [-0.05, 0) is 30.4 Å². The van der Waals surface area contributed by atoms with Crippen LogP contribution >= 0.6 is 0 Å². The van der Waals surface area contributed by atoms with Crippen molar-refractivity contribution in [1.82, 2.24) is 54.8 Å². The van der Waals surface area contributed by atoms with Crippen molar-refractivity contribution in [3.8, 4) is 23.4 Å². The summed E-state index contributed by atoms with van der Waals surface area (Å²) in [6.45, 7) is 6.93. The molecule has 0 spiro atoms. The smallest absolute Gasteiger partial charge is 0.313 e.